The topological polar surface area (TPSA) is 148 Å². The van der Waals surface area contributed by atoms with Gasteiger partial charge in [0.2, 0.25) is 0 Å². The molecule has 0 spiro atoms. The van der Waals surface area contributed by atoms with Crippen molar-refractivity contribution >= 4 is 11.9 Å². The highest BCUT2D eigenvalue weighted by atomic mass is 16.5. The zero-order chi connectivity index (χ0) is 22.1. The highest BCUT2D eigenvalue weighted by molar-refractivity contribution is 5.83. The van der Waals surface area contributed by atoms with Crippen LogP contribution in [0.4, 0.5) is 0 Å². The molecule has 0 heterocycles. The number of benzene rings is 1. The van der Waals surface area contributed by atoms with Gasteiger partial charge in [0.15, 0.2) is 12.2 Å². The van der Waals surface area contributed by atoms with Crippen LogP contribution in [0, 0.1) is 5.92 Å². The van der Waals surface area contributed by atoms with Crippen molar-refractivity contribution in [3.8, 4) is 5.75 Å². The highest BCUT2D eigenvalue weighted by Gasteiger charge is 2.34. The number of ether oxygens (including phenoxy) is 1. The third kappa shape index (κ3) is 7.43. The van der Waals surface area contributed by atoms with Crippen LogP contribution in [0.2, 0.25) is 0 Å². The summed E-state index contributed by atoms with van der Waals surface area (Å²) in [6.45, 7) is 4.95. The number of hydrogen-bond acceptors (Lipinski definition) is 7. The maximum Gasteiger partial charge on any atom is 0.335 e. The zero-order valence-electron chi connectivity index (χ0n) is 16.9. The summed E-state index contributed by atoms with van der Waals surface area (Å²) < 4.78 is 5.23. The van der Waals surface area contributed by atoms with E-state index in [1.54, 1.807) is 7.11 Å². The van der Waals surface area contributed by atoms with Crippen LogP contribution in [0.5, 0.6) is 5.75 Å². The van der Waals surface area contributed by atoms with Gasteiger partial charge in [0.05, 0.1) is 12.7 Å². The fraction of sp³-hybridized carbons (Fsp3) is 0.579. The van der Waals surface area contributed by atoms with Crippen molar-refractivity contribution < 1.29 is 39.9 Å². The fourth-order valence-electron chi connectivity index (χ4n) is 2.70. The van der Waals surface area contributed by atoms with Crippen molar-refractivity contribution in [1.82, 2.24) is 4.90 Å². The molecule has 0 amide bonds. The number of rotatable bonds is 9. The van der Waals surface area contributed by atoms with Crippen molar-refractivity contribution in [2.75, 3.05) is 27.7 Å². The van der Waals surface area contributed by atoms with Gasteiger partial charge >= 0.3 is 11.9 Å². The van der Waals surface area contributed by atoms with E-state index in [0.29, 0.717) is 6.42 Å². The molecule has 1 aromatic carbocycles. The molecule has 9 nitrogen and oxygen atoms in total. The van der Waals surface area contributed by atoms with Crippen LogP contribution in [0.25, 0.3) is 0 Å². The molecule has 0 unspecified atom stereocenters. The first kappa shape index (κ1) is 25.8. The Kier molecular flexibility index (Phi) is 10.7. The minimum atomic E-state index is -2.27. The van der Waals surface area contributed by atoms with Crippen LogP contribution in [-0.2, 0) is 15.2 Å². The minimum Gasteiger partial charge on any atom is -0.497 e. The van der Waals surface area contributed by atoms with Crippen molar-refractivity contribution in [2.24, 2.45) is 5.92 Å². The van der Waals surface area contributed by atoms with Gasteiger partial charge in [-0.05, 0) is 38.2 Å². The summed E-state index contributed by atoms with van der Waals surface area (Å²) >= 11 is 0. The molecule has 0 aromatic heterocycles. The molecule has 0 aliphatic rings. The molecule has 9 heteroatoms. The molecular formula is C19H31NO8. The molecule has 0 radical (unpaired) electrons. The van der Waals surface area contributed by atoms with E-state index in [4.69, 9.17) is 25.2 Å². The summed E-state index contributed by atoms with van der Waals surface area (Å²) in [7, 11) is 5.70. The molecule has 0 fully saturated rings. The summed E-state index contributed by atoms with van der Waals surface area (Å²) in [6.07, 6.45) is -3.84. The van der Waals surface area contributed by atoms with Gasteiger partial charge in [-0.1, -0.05) is 26.0 Å². The average Bonchev–Trinajstić information content (AvgIpc) is 2.65. The van der Waals surface area contributed by atoms with E-state index < -0.39 is 29.7 Å². The van der Waals surface area contributed by atoms with E-state index >= 15 is 0 Å². The number of aliphatic carboxylic acids is 2. The van der Waals surface area contributed by atoms with Crippen molar-refractivity contribution in [3.63, 3.8) is 0 Å². The molecule has 28 heavy (non-hydrogen) atoms. The van der Waals surface area contributed by atoms with Gasteiger partial charge in [-0.25, -0.2) is 9.59 Å². The molecule has 4 atom stereocenters. The molecule has 0 saturated carbocycles. The SMILES string of the molecule is CC[C@@](O)(c1cccc(OC)c1)[C@@H](C)CN(C)C.O=C(O)[C@H](O)[C@@H](O)C(=O)O. The number of nitrogens with zero attached hydrogens (tertiary/aromatic N) is 1. The number of aliphatic hydroxyl groups is 3. The molecule has 1 aromatic rings. The quantitative estimate of drug-likeness (QED) is 0.396. The van der Waals surface area contributed by atoms with Crippen molar-refractivity contribution in [2.45, 2.75) is 38.1 Å². The first-order valence-corrected chi connectivity index (χ1v) is 8.74. The Morgan fingerprint density at radius 1 is 1.14 bits per heavy atom. The summed E-state index contributed by atoms with van der Waals surface area (Å²) in [4.78, 5) is 21.6. The Bertz CT molecular complexity index is 618. The zero-order valence-corrected chi connectivity index (χ0v) is 16.9. The standard InChI is InChI=1S/C15H25NO2.C4H6O6/c1-6-15(17,12(2)11-16(3)4)13-8-7-9-14(10-13)18-5;5-1(3(7)8)2(6)4(9)10/h7-10,12,17H,6,11H2,1-5H3;1-2,5-6H,(H,7,8)(H,9,10)/t12-,15-;1-,2-/m01/s1. The van der Waals surface area contributed by atoms with E-state index in [0.717, 1.165) is 17.9 Å². The Labute approximate surface area is 164 Å². The van der Waals surface area contributed by atoms with E-state index in [-0.39, 0.29) is 5.92 Å². The third-order valence-electron chi connectivity index (χ3n) is 4.37. The number of carboxylic acid groups (broad SMARTS) is 2. The Balaban J connectivity index is 0.000000621. The van der Waals surface area contributed by atoms with Crippen LogP contribution < -0.4 is 4.74 Å². The number of hydrogen-bond donors (Lipinski definition) is 5. The van der Waals surface area contributed by atoms with Gasteiger partial charge in [0.1, 0.15) is 5.75 Å². The van der Waals surface area contributed by atoms with Gasteiger partial charge in [-0.2, -0.15) is 0 Å². The first-order chi connectivity index (χ1) is 12.9. The monoisotopic (exact) mass is 401 g/mol. The minimum absolute atomic E-state index is 0.157. The van der Waals surface area contributed by atoms with E-state index in [9.17, 15) is 14.7 Å². The van der Waals surface area contributed by atoms with Crippen LogP contribution in [-0.4, -0.2) is 82.3 Å². The molecular weight excluding hydrogens is 370 g/mol. The molecule has 0 bridgehead atoms. The average molecular weight is 401 g/mol. The Morgan fingerprint density at radius 2 is 1.64 bits per heavy atom. The molecule has 0 aliphatic carbocycles. The Morgan fingerprint density at radius 3 is 2.00 bits per heavy atom. The van der Waals surface area contributed by atoms with Gasteiger partial charge < -0.3 is 35.2 Å². The van der Waals surface area contributed by atoms with Crippen molar-refractivity contribution in [3.05, 3.63) is 29.8 Å². The number of methoxy groups -OCH3 is 1. The predicted molar refractivity (Wildman–Crippen MR) is 102 cm³/mol. The molecule has 1 rings (SSSR count). The maximum atomic E-state index is 10.9. The summed E-state index contributed by atoms with van der Waals surface area (Å²) in [6, 6.07) is 7.72. The first-order valence-electron chi connectivity index (χ1n) is 8.74. The lowest BCUT2D eigenvalue weighted by Crippen LogP contribution is -2.39. The molecule has 0 saturated heterocycles. The molecule has 0 aliphatic heterocycles. The lowest BCUT2D eigenvalue weighted by Gasteiger charge is -2.35. The Hall–Kier alpha value is -2.20. The largest absolute Gasteiger partial charge is 0.497 e. The summed E-state index contributed by atoms with van der Waals surface area (Å²) in [5, 5.41) is 43.5. The van der Waals surface area contributed by atoms with Crippen LogP contribution >= 0.6 is 0 Å². The van der Waals surface area contributed by atoms with Gasteiger partial charge in [0, 0.05) is 12.5 Å². The molecule has 5 N–H and O–H groups in total. The second-order valence-electron chi connectivity index (χ2n) is 6.74. The third-order valence-corrected chi connectivity index (χ3v) is 4.37. The lowest BCUT2D eigenvalue weighted by atomic mass is 9.80. The predicted octanol–water partition coefficient (Wildman–Crippen LogP) is 0.368. The number of carboxylic acids is 2. The second-order valence-corrected chi connectivity index (χ2v) is 6.74. The van der Waals surface area contributed by atoms with Gasteiger partial charge in [-0.15, -0.1) is 0 Å². The van der Waals surface area contributed by atoms with E-state index in [1.807, 2.05) is 45.3 Å². The van der Waals surface area contributed by atoms with E-state index in [2.05, 4.69) is 11.8 Å². The van der Waals surface area contributed by atoms with E-state index in [1.165, 1.54) is 0 Å². The summed E-state index contributed by atoms with van der Waals surface area (Å²) in [5.41, 5.74) is 0.123. The lowest BCUT2D eigenvalue weighted by molar-refractivity contribution is -0.165. The van der Waals surface area contributed by atoms with Crippen LogP contribution in [0.1, 0.15) is 25.8 Å². The van der Waals surface area contributed by atoms with Gasteiger partial charge in [-0.3, -0.25) is 0 Å². The smallest absolute Gasteiger partial charge is 0.335 e. The van der Waals surface area contributed by atoms with Crippen LogP contribution in [0.3, 0.4) is 0 Å². The number of carbonyl (C=O) groups is 2. The maximum absolute atomic E-state index is 10.9. The highest BCUT2D eigenvalue weighted by Crippen LogP contribution is 2.34. The molecule has 160 valence electrons. The number of aliphatic hydroxyl groups excluding tert-OH is 2. The second kappa shape index (κ2) is 11.6. The van der Waals surface area contributed by atoms with Gasteiger partial charge in [0.25, 0.3) is 0 Å². The summed E-state index contributed by atoms with van der Waals surface area (Å²) in [5.74, 6) is -2.59. The van der Waals surface area contributed by atoms with Crippen molar-refractivity contribution in [1.29, 1.82) is 0 Å². The van der Waals surface area contributed by atoms with Crippen LogP contribution in [0.15, 0.2) is 24.3 Å². The normalized spacial score (nSPS) is 16.2. The fourth-order valence-corrected chi connectivity index (χ4v) is 2.70.